The molecule has 2 amide bonds. The van der Waals surface area contributed by atoms with Crippen LogP contribution in [0.5, 0.6) is 5.75 Å². The van der Waals surface area contributed by atoms with Crippen molar-refractivity contribution in [1.29, 1.82) is 0 Å². The van der Waals surface area contributed by atoms with Gasteiger partial charge >= 0.3 is 6.16 Å². The summed E-state index contributed by atoms with van der Waals surface area (Å²) in [5.41, 5.74) is 7.01. The third-order valence-electron chi connectivity index (χ3n) is 4.40. The predicted molar refractivity (Wildman–Crippen MR) is 130 cm³/mol. The third-order valence-corrected chi connectivity index (χ3v) is 4.40. The maximum absolute atomic E-state index is 12.2. The number of nitrogen functional groups attached to an aromatic ring is 1. The molecule has 4 N–H and O–H groups in total. The minimum atomic E-state index is -0.846. The van der Waals surface area contributed by atoms with Crippen molar-refractivity contribution in [2.45, 2.75) is 6.92 Å². The first-order chi connectivity index (χ1) is 17.5. The molecule has 2 aromatic carbocycles. The van der Waals surface area contributed by atoms with Crippen LogP contribution in [0.2, 0.25) is 0 Å². The van der Waals surface area contributed by atoms with E-state index in [9.17, 15) is 14.4 Å². The molecule has 1 aromatic heterocycles. The molecule has 12 nitrogen and oxygen atoms in total. The first kappa shape index (κ1) is 25.6. The predicted octanol–water partition coefficient (Wildman–Crippen LogP) is 3.96. The summed E-state index contributed by atoms with van der Waals surface area (Å²) in [6.45, 7) is 1.24. The number of azo groups is 1. The number of amides is 2. The summed E-state index contributed by atoms with van der Waals surface area (Å²) in [7, 11) is 0. The van der Waals surface area contributed by atoms with Crippen LogP contribution in [0.1, 0.15) is 17.3 Å². The maximum Gasteiger partial charge on any atom is 0.511 e. The van der Waals surface area contributed by atoms with Crippen LogP contribution in [-0.2, 0) is 14.3 Å². The molecule has 0 aliphatic heterocycles. The molecular weight excluding hydrogens is 468 g/mol. The quantitative estimate of drug-likeness (QED) is 0.217. The van der Waals surface area contributed by atoms with Gasteiger partial charge < -0.3 is 30.6 Å². The second-order valence-electron chi connectivity index (χ2n) is 6.96. The van der Waals surface area contributed by atoms with E-state index in [2.05, 4.69) is 30.6 Å². The second-order valence-corrected chi connectivity index (χ2v) is 6.96. The monoisotopic (exact) mass is 492 g/mol. The number of aromatic nitrogens is 1. The van der Waals surface area contributed by atoms with Gasteiger partial charge in [-0.1, -0.05) is 30.3 Å². The van der Waals surface area contributed by atoms with Crippen molar-refractivity contribution in [1.82, 2.24) is 10.3 Å². The first-order valence-corrected chi connectivity index (χ1v) is 10.8. The number of anilines is 2. The molecule has 0 bridgehead atoms. The van der Waals surface area contributed by atoms with Crippen LogP contribution in [0.15, 0.2) is 77.0 Å². The lowest BCUT2D eigenvalue weighted by Crippen LogP contribution is -2.33. The Hall–Kier alpha value is -5.00. The lowest BCUT2D eigenvalue weighted by molar-refractivity contribution is -0.115. The van der Waals surface area contributed by atoms with Crippen molar-refractivity contribution < 1.29 is 28.6 Å². The van der Waals surface area contributed by atoms with Gasteiger partial charge in [0.15, 0.2) is 11.6 Å². The van der Waals surface area contributed by atoms with Crippen LogP contribution < -0.4 is 21.1 Å². The average molecular weight is 492 g/mol. The zero-order valence-electron chi connectivity index (χ0n) is 19.3. The highest BCUT2D eigenvalue weighted by molar-refractivity contribution is 5.99. The Morgan fingerprint density at radius 2 is 1.64 bits per heavy atom. The molecule has 1 heterocycles. The number of hydrogen-bond donors (Lipinski definition) is 3. The van der Waals surface area contributed by atoms with Crippen LogP contribution in [0.3, 0.4) is 0 Å². The number of rotatable bonds is 10. The molecule has 0 aliphatic rings. The van der Waals surface area contributed by atoms with E-state index in [4.69, 9.17) is 15.2 Å². The van der Waals surface area contributed by atoms with E-state index < -0.39 is 12.1 Å². The largest absolute Gasteiger partial charge is 0.511 e. The van der Waals surface area contributed by atoms with Crippen LogP contribution in [0.25, 0.3) is 0 Å². The summed E-state index contributed by atoms with van der Waals surface area (Å²) < 4.78 is 14.8. The second kappa shape index (κ2) is 13.0. The number of pyridine rings is 1. The topological polar surface area (TPSA) is 167 Å². The fourth-order valence-corrected chi connectivity index (χ4v) is 2.73. The zero-order chi connectivity index (χ0) is 25.8. The van der Waals surface area contributed by atoms with Crippen molar-refractivity contribution in [3.8, 4) is 5.75 Å². The Labute approximate surface area is 206 Å². The molecular formula is C24H24N6O6. The third kappa shape index (κ3) is 7.80. The molecule has 0 atom stereocenters. The molecule has 0 aliphatic carbocycles. The van der Waals surface area contributed by atoms with Gasteiger partial charge in [0.1, 0.15) is 17.2 Å². The number of benzene rings is 2. The average Bonchev–Trinajstić information content (AvgIpc) is 2.88. The van der Waals surface area contributed by atoms with E-state index in [0.29, 0.717) is 17.0 Å². The van der Waals surface area contributed by atoms with Gasteiger partial charge in [0, 0.05) is 5.56 Å². The van der Waals surface area contributed by atoms with Crippen molar-refractivity contribution in [2.75, 3.05) is 31.0 Å². The number of ether oxygens (including phenoxy) is 3. The Bertz CT molecular complexity index is 1230. The van der Waals surface area contributed by atoms with Gasteiger partial charge in [-0.25, -0.2) is 9.78 Å². The van der Waals surface area contributed by atoms with Crippen LogP contribution in [-0.4, -0.2) is 42.9 Å². The molecule has 3 rings (SSSR count). The number of para-hydroxylation sites is 1. The van der Waals surface area contributed by atoms with E-state index in [1.54, 1.807) is 61.5 Å². The van der Waals surface area contributed by atoms with Gasteiger partial charge in [0.25, 0.3) is 5.91 Å². The molecule has 0 spiro atoms. The van der Waals surface area contributed by atoms with Crippen molar-refractivity contribution in [2.24, 2.45) is 10.2 Å². The van der Waals surface area contributed by atoms with E-state index in [1.165, 1.54) is 12.1 Å². The number of carbonyl (C=O) groups is 3. The SMILES string of the molecule is CCOC(=O)OCOc1ccccc1/N=N/c1ccc(NC(=O)CNC(=O)c2ccccc2)nc1N. The fourth-order valence-electron chi connectivity index (χ4n) is 2.73. The molecule has 12 heteroatoms. The van der Waals surface area contributed by atoms with Crippen molar-refractivity contribution in [3.05, 3.63) is 72.3 Å². The molecule has 3 aromatic rings. The minimum absolute atomic E-state index is 0.0221. The van der Waals surface area contributed by atoms with E-state index >= 15 is 0 Å². The molecule has 0 saturated heterocycles. The normalized spacial score (nSPS) is 10.5. The van der Waals surface area contributed by atoms with Crippen LogP contribution in [0, 0.1) is 0 Å². The zero-order valence-corrected chi connectivity index (χ0v) is 19.3. The van der Waals surface area contributed by atoms with Crippen LogP contribution >= 0.6 is 0 Å². The first-order valence-electron chi connectivity index (χ1n) is 10.8. The summed E-state index contributed by atoms with van der Waals surface area (Å²) in [6.07, 6.45) is -0.846. The summed E-state index contributed by atoms with van der Waals surface area (Å²) in [5.74, 6) is -0.319. The number of nitrogens with two attached hydrogens (primary N) is 1. The highest BCUT2D eigenvalue weighted by Crippen LogP contribution is 2.30. The van der Waals surface area contributed by atoms with E-state index in [0.717, 1.165) is 0 Å². The molecule has 0 radical (unpaired) electrons. The van der Waals surface area contributed by atoms with E-state index in [-0.39, 0.29) is 43.2 Å². The molecule has 36 heavy (non-hydrogen) atoms. The van der Waals surface area contributed by atoms with Gasteiger partial charge in [-0.2, -0.15) is 0 Å². The highest BCUT2D eigenvalue weighted by atomic mass is 16.8. The Kier molecular flexibility index (Phi) is 9.27. The van der Waals surface area contributed by atoms with Crippen molar-refractivity contribution >= 4 is 41.0 Å². The minimum Gasteiger partial charge on any atom is -0.455 e. The van der Waals surface area contributed by atoms with Gasteiger partial charge in [0.05, 0.1) is 13.2 Å². The Morgan fingerprint density at radius 1 is 0.917 bits per heavy atom. The number of nitrogens with zero attached hydrogens (tertiary/aromatic N) is 3. The molecule has 0 saturated carbocycles. The Morgan fingerprint density at radius 3 is 2.39 bits per heavy atom. The standard InChI is InChI=1S/C24H24N6O6/c1-2-34-24(33)36-15-35-19-11-7-6-10-17(19)29-30-18-12-13-20(28-22(18)25)27-21(31)14-26-23(32)16-8-4-3-5-9-16/h3-13H,2,14-15H2,1H3,(H,26,32)(H3,25,27,28,31)/b30-29+. The summed E-state index contributed by atoms with van der Waals surface area (Å²) in [6, 6.07) is 18.3. The van der Waals surface area contributed by atoms with Crippen LogP contribution in [0.4, 0.5) is 27.8 Å². The number of nitrogens with one attached hydrogen (secondary N) is 2. The number of hydrogen-bond acceptors (Lipinski definition) is 10. The van der Waals surface area contributed by atoms with Crippen molar-refractivity contribution in [3.63, 3.8) is 0 Å². The smallest absolute Gasteiger partial charge is 0.455 e. The lowest BCUT2D eigenvalue weighted by Gasteiger charge is -2.09. The molecule has 0 fully saturated rings. The molecule has 0 unspecified atom stereocenters. The van der Waals surface area contributed by atoms with Gasteiger partial charge in [-0.05, 0) is 43.3 Å². The lowest BCUT2D eigenvalue weighted by atomic mass is 10.2. The van der Waals surface area contributed by atoms with Gasteiger partial charge in [-0.3, -0.25) is 9.59 Å². The highest BCUT2D eigenvalue weighted by Gasteiger charge is 2.10. The fraction of sp³-hybridized carbons (Fsp3) is 0.167. The summed E-state index contributed by atoms with van der Waals surface area (Å²) in [5, 5.41) is 13.3. The van der Waals surface area contributed by atoms with Gasteiger partial charge in [-0.15, -0.1) is 10.2 Å². The summed E-state index contributed by atoms with van der Waals surface area (Å²) >= 11 is 0. The van der Waals surface area contributed by atoms with E-state index in [1.807, 2.05) is 0 Å². The maximum atomic E-state index is 12.2. The summed E-state index contributed by atoms with van der Waals surface area (Å²) in [4.78, 5) is 39.5. The number of carbonyl (C=O) groups excluding carboxylic acids is 3. The Balaban J connectivity index is 1.56. The van der Waals surface area contributed by atoms with Gasteiger partial charge in [0.2, 0.25) is 12.7 Å². The molecule has 186 valence electrons.